The van der Waals surface area contributed by atoms with Crippen LogP contribution in [0.1, 0.15) is 174 Å². The van der Waals surface area contributed by atoms with Crippen molar-refractivity contribution in [3.63, 3.8) is 0 Å². The first-order valence-corrected chi connectivity index (χ1v) is 16.7. The van der Waals surface area contributed by atoms with E-state index >= 15 is 0 Å². The Bertz CT molecular complexity index is 560. The van der Waals surface area contributed by atoms with Gasteiger partial charge in [0.15, 0.2) is 6.10 Å². The molecule has 5 nitrogen and oxygen atoms in total. The van der Waals surface area contributed by atoms with Crippen LogP contribution in [-0.2, 0) is 19.1 Å². The molecule has 0 saturated carbocycles. The molecule has 0 rings (SSSR count). The van der Waals surface area contributed by atoms with Gasteiger partial charge in [0.25, 0.3) is 0 Å². The fraction of sp³-hybridized carbons (Fsp3) is 0.882. The van der Waals surface area contributed by atoms with Gasteiger partial charge in [-0.3, -0.25) is 9.59 Å². The summed E-state index contributed by atoms with van der Waals surface area (Å²) in [4.78, 5) is 24.1. The maximum absolute atomic E-state index is 12.1. The normalized spacial score (nSPS) is 12.2. The average Bonchev–Trinajstić information content (AvgIpc) is 2.94. The second-order valence-corrected chi connectivity index (χ2v) is 11.2. The number of esters is 2. The number of unbranched alkanes of at least 4 members (excludes halogenated alkanes) is 20. The number of aliphatic hydroxyl groups excluding tert-OH is 1. The van der Waals surface area contributed by atoms with Crippen molar-refractivity contribution in [3.8, 4) is 0 Å². The number of hydrogen-bond acceptors (Lipinski definition) is 5. The van der Waals surface area contributed by atoms with E-state index in [9.17, 15) is 14.7 Å². The Morgan fingerprint density at radius 1 is 0.564 bits per heavy atom. The summed E-state index contributed by atoms with van der Waals surface area (Å²) in [6.45, 7) is 4.10. The lowest BCUT2D eigenvalue weighted by atomic mass is 10.0. The average molecular weight is 553 g/mol. The van der Waals surface area contributed by atoms with E-state index in [0.717, 1.165) is 44.9 Å². The highest BCUT2D eigenvalue weighted by Crippen LogP contribution is 2.13. The number of aliphatic hydroxyl groups is 1. The molecule has 1 atom stereocenters. The van der Waals surface area contributed by atoms with Gasteiger partial charge in [0.2, 0.25) is 0 Å². The van der Waals surface area contributed by atoms with E-state index in [1.165, 1.54) is 103 Å². The largest absolute Gasteiger partial charge is 0.462 e. The summed E-state index contributed by atoms with van der Waals surface area (Å²) in [6.07, 6.45) is 32.6. The Hall–Kier alpha value is -1.36. The van der Waals surface area contributed by atoms with E-state index in [1.54, 1.807) is 0 Å². The van der Waals surface area contributed by atoms with Crippen molar-refractivity contribution in [2.45, 2.75) is 180 Å². The predicted molar refractivity (Wildman–Crippen MR) is 164 cm³/mol. The summed E-state index contributed by atoms with van der Waals surface area (Å²) in [5.41, 5.74) is 0. The summed E-state index contributed by atoms with van der Waals surface area (Å²) in [5, 5.41) is 9.49. The highest BCUT2D eigenvalue weighted by atomic mass is 16.6. The van der Waals surface area contributed by atoms with Gasteiger partial charge in [0.1, 0.15) is 6.61 Å². The molecule has 0 radical (unpaired) electrons. The van der Waals surface area contributed by atoms with Gasteiger partial charge in [-0.05, 0) is 38.5 Å². The molecule has 0 aromatic carbocycles. The van der Waals surface area contributed by atoms with Crippen molar-refractivity contribution < 1.29 is 24.2 Å². The van der Waals surface area contributed by atoms with Crippen LogP contribution in [0.4, 0.5) is 0 Å². The van der Waals surface area contributed by atoms with E-state index in [1.807, 2.05) is 0 Å². The van der Waals surface area contributed by atoms with Gasteiger partial charge in [-0.1, -0.05) is 135 Å². The van der Waals surface area contributed by atoms with Crippen molar-refractivity contribution in [1.82, 2.24) is 0 Å². The number of allylic oxidation sites excluding steroid dienone is 2. The van der Waals surface area contributed by atoms with E-state index in [-0.39, 0.29) is 25.2 Å². The van der Waals surface area contributed by atoms with Crippen LogP contribution in [0.25, 0.3) is 0 Å². The first-order valence-electron chi connectivity index (χ1n) is 16.7. The Kier molecular flexibility index (Phi) is 30.1. The standard InChI is InChI=1S/C34H64O5/c1-3-5-7-9-11-13-15-17-19-20-22-24-26-28-33(36)38-31-32(30-35)39-34(37)29-27-25-23-21-18-16-14-12-10-8-6-4-2/h13,15,32,35H,3-12,14,16-31H2,1-2H3/b15-13-/t32-/m0/s1. The Balaban J connectivity index is 3.58. The molecule has 0 aliphatic carbocycles. The van der Waals surface area contributed by atoms with Crippen LogP contribution in [0.3, 0.4) is 0 Å². The zero-order chi connectivity index (χ0) is 28.7. The van der Waals surface area contributed by atoms with Gasteiger partial charge in [0.05, 0.1) is 6.61 Å². The molecule has 0 aliphatic rings. The molecule has 0 fully saturated rings. The third-order valence-electron chi connectivity index (χ3n) is 7.31. The summed E-state index contributed by atoms with van der Waals surface area (Å²) in [7, 11) is 0. The monoisotopic (exact) mass is 552 g/mol. The predicted octanol–water partition coefficient (Wildman–Crippen LogP) is 9.78. The van der Waals surface area contributed by atoms with Crippen LogP contribution in [0.5, 0.6) is 0 Å². The lowest BCUT2D eigenvalue weighted by Gasteiger charge is -2.15. The van der Waals surface area contributed by atoms with Gasteiger partial charge in [-0.2, -0.15) is 0 Å². The van der Waals surface area contributed by atoms with Gasteiger partial charge in [0, 0.05) is 12.8 Å². The number of carbonyl (C=O) groups is 2. The molecule has 1 N–H and O–H groups in total. The van der Waals surface area contributed by atoms with Crippen LogP contribution in [0.15, 0.2) is 12.2 Å². The van der Waals surface area contributed by atoms with E-state index in [2.05, 4.69) is 26.0 Å². The van der Waals surface area contributed by atoms with Gasteiger partial charge >= 0.3 is 11.9 Å². The smallest absolute Gasteiger partial charge is 0.306 e. The molecule has 0 aliphatic heterocycles. The second kappa shape index (κ2) is 31.2. The Labute approximate surface area is 241 Å². The van der Waals surface area contributed by atoms with Gasteiger partial charge < -0.3 is 14.6 Å². The molecule has 39 heavy (non-hydrogen) atoms. The maximum atomic E-state index is 12.1. The first-order chi connectivity index (χ1) is 19.1. The van der Waals surface area contributed by atoms with Crippen molar-refractivity contribution >= 4 is 11.9 Å². The first kappa shape index (κ1) is 37.6. The summed E-state index contributed by atoms with van der Waals surface area (Å²) >= 11 is 0. The van der Waals surface area contributed by atoms with E-state index in [0.29, 0.717) is 12.8 Å². The zero-order valence-corrected chi connectivity index (χ0v) is 25.9. The molecule has 0 spiro atoms. The number of carbonyl (C=O) groups excluding carboxylic acids is 2. The molecule has 0 unspecified atom stereocenters. The third-order valence-corrected chi connectivity index (χ3v) is 7.31. The lowest BCUT2D eigenvalue weighted by Crippen LogP contribution is -2.28. The fourth-order valence-electron chi connectivity index (χ4n) is 4.72. The summed E-state index contributed by atoms with van der Waals surface area (Å²) in [5.74, 6) is -0.597. The molecule has 5 heteroatoms. The molecular weight excluding hydrogens is 488 g/mol. The quantitative estimate of drug-likeness (QED) is 0.0545. The zero-order valence-electron chi connectivity index (χ0n) is 25.9. The number of rotatable bonds is 30. The second-order valence-electron chi connectivity index (χ2n) is 11.2. The Morgan fingerprint density at radius 3 is 1.41 bits per heavy atom. The van der Waals surface area contributed by atoms with Crippen LogP contribution in [-0.4, -0.2) is 36.4 Å². The minimum Gasteiger partial charge on any atom is -0.462 e. The lowest BCUT2D eigenvalue weighted by molar-refractivity contribution is -0.161. The van der Waals surface area contributed by atoms with Crippen LogP contribution in [0, 0.1) is 0 Å². The maximum Gasteiger partial charge on any atom is 0.306 e. The fourth-order valence-corrected chi connectivity index (χ4v) is 4.72. The topological polar surface area (TPSA) is 72.8 Å². The molecule has 0 heterocycles. The molecule has 0 amide bonds. The molecule has 0 aromatic heterocycles. The third kappa shape index (κ3) is 29.4. The van der Waals surface area contributed by atoms with Crippen molar-refractivity contribution in [1.29, 1.82) is 0 Å². The van der Waals surface area contributed by atoms with Crippen molar-refractivity contribution in [2.24, 2.45) is 0 Å². The van der Waals surface area contributed by atoms with E-state index in [4.69, 9.17) is 9.47 Å². The number of hydrogen-bond donors (Lipinski definition) is 1. The molecule has 0 aromatic rings. The highest BCUT2D eigenvalue weighted by molar-refractivity contribution is 5.70. The van der Waals surface area contributed by atoms with Crippen LogP contribution in [0.2, 0.25) is 0 Å². The molecule has 230 valence electrons. The summed E-state index contributed by atoms with van der Waals surface area (Å²) in [6, 6.07) is 0. The SMILES string of the molecule is CCCCCC/C=C\CCCCCCCC(=O)OC[C@H](CO)OC(=O)CCCCCCCCCCCCCC. The van der Waals surface area contributed by atoms with E-state index < -0.39 is 6.10 Å². The Morgan fingerprint density at radius 2 is 0.949 bits per heavy atom. The molecular formula is C34H64O5. The highest BCUT2D eigenvalue weighted by Gasteiger charge is 2.16. The molecule has 0 saturated heterocycles. The molecule has 0 bridgehead atoms. The van der Waals surface area contributed by atoms with Gasteiger partial charge in [-0.15, -0.1) is 0 Å². The number of ether oxygens (including phenoxy) is 2. The van der Waals surface area contributed by atoms with Crippen molar-refractivity contribution in [3.05, 3.63) is 12.2 Å². The van der Waals surface area contributed by atoms with Crippen molar-refractivity contribution in [2.75, 3.05) is 13.2 Å². The minimum atomic E-state index is -0.765. The van der Waals surface area contributed by atoms with Crippen LogP contribution < -0.4 is 0 Å². The van der Waals surface area contributed by atoms with Crippen LogP contribution >= 0.6 is 0 Å². The summed E-state index contributed by atoms with van der Waals surface area (Å²) < 4.78 is 10.5. The van der Waals surface area contributed by atoms with Gasteiger partial charge in [-0.25, -0.2) is 0 Å². The minimum absolute atomic E-state index is 0.0652.